The molecule has 4 N–H and O–H groups in total. The Bertz CT molecular complexity index is 1570. The Morgan fingerprint density at radius 2 is 2.00 bits per heavy atom. The standard InChI is InChI=1S/C30H31FN6O3/c1-4-25(38)34-22-12-14-37(17-22)28-26-23(11-13-32-27(26)35-36-28)19-5-6-20(24(31)15-19)16-33-29(39)18-7-9-21(10-8-18)30(2,3)40/h4-11,13,15,22,40H,1,12,14,16-17H2,2-3H3,(H,33,39)(H,34,38)(H,32,35,36)/t22-/m1/s1. The van der Waals surface area contributed by atoms with Crippen LogP contribution in [0, 0.1) is 5.82 Å². The van der Waals surface area contributed by atoms with Gasteiger partial charge in [-0.3, -0.25) is 14.7 Å². The third kappa shape index (κ3) is 5.57. The van der Waals surface area contributed by atoms with Gasteiger partial charge in [0.1, 0.15) is 5.82 Å². The first-order valence-electron chi connectivity index (χ1n) is 13.0. The number of rotatable bonds is 8. The molecule has 206 valence electrons. The van der Waals surface area contributed by atoms with E-state index in [4.69, 9.17) is 0 Å². The minimum atomic E-state index is -1.00. The Balaban J connectivity index is 1.33. The lowest BCUT2D eigenvalue weighted by molar-refractivity contribution is -0.117. The third-order valence-corrected chi connectivity index (χ3v) is 7.12. The molecule has 2 aromatic carbocycles. The summed E-state index contributed by atoms with van der Waals surface area (Å²) in [5.74, 6) is -0.297. The highest BCUT2D eigenvalue weighted by Crippen LogP contribution is 2.35. The molecule has 9 nitrogen and oxygen atoms in total. The smallest absolute Gasteiger partial charge is 0.251 e. The fraction of sp³-hybridized carbons (Fsp3) is 0.267. The summed E-state index contributed by atoms with van der Waals surface area (Å²) >= 11 is 0. The van der Waals surface area contributed by atoms with Crippen LogP contribution in [0.15, 0.2) is 67.4 Å². The predicted octanol–water partition coefficient (Wildman–Crippen LogP) is 3.80. The van der Waals surface area contributed by atoms with E-state index in [1.807, 2.05) is 12.1 Å². The summed E-state index contributed by atoms with van der Waals surface area (Å²) in [6.45, 7) is 8.16. The number of aromatic nitrogens is 3. The Hall–Kier alpha value is -4.57. The van der Waals surface area contributed by atoms with Crippen molar-refractivity contribution >= 4 is 28.7 Å². The van der Waals surface area contributed by atoms with Gasteiger partial charge in [0.15, 0.2) is 11.5 Å². The number of carbonyl (C=O) groups is 2. The summed E-state index contributed by atoms with van der Waals surface area (Å²) in [6, 6.07) is 13.4. The number of carbonyl (C=O) groups excluding carboxylic acids is 2. The number of nitrogens with zero attached hydrogens (tertiary/aromatic N) is 3. The van der Waals surface area contributed by atoms with Crippen LogP contribution in [0.2, 0.25) is 0 Å². The summed E-state index contributed by atoms with van der Waals surface area (Å²) in [5.41, 5.74) is 2.47. The van der Waals surface area contributed by atoms with Gasteiger partial charge in [-0.05, 0) is 67.3 Å². The number of fused-ring (bicyclic) bond motifs is 1. The van der Waals surface area contributed by atoms with Crippen molar-refractivity contribution in [1.29, 1.82) is 0 Å². The number of H-pyrrole nitrogens is 1. The number of amides is 2. The Labute approximate surface area is 231 Å². The lowest BCUT2D eigenvalue weighted by Crippen LogP contribution is -2.36. The van der Waals surface area contributed by atoms with E-state index in [1.165, 1.54) is 12.1 Å². The molecular formula is C30H31FN6O3. The van der Waals surface area contributed by atoms with Crippen LogP contribution < -0.4 is 15.5 Å². The van der Waals surface area contributed by atoms with E-state index >= 15 is 4.39 Å². The lowest BCUT2D eigenvalue weighted by Gasteiger charge is -2.18. The van der Waals surface area contributed by atoms with Crippen molar-refractivity contribution in [2.45, 2.75) is 38.5 Å². The van der Waals surface area contributed by atoms with Crippen molar-refractivity contribution in [2.75, 3.05) is 18.0 Å². The molecule has 1 fully saturated rings. The normalized spacial score (nSPS) is 15.3. The van der Waals surface area contributed by atoms with Crippen molar-refractivity contribution in [3.8, 4) is 11.1 Å². The topological polar surface area (TPSA) is 123 Å². The van der Waals surface area contributed by atoms with E-state index in [0.717, 1.165) is 17.4 Å². The number of benzene rings is 2. The van der Waals surface area contributed by atoms with Gasteiger partial charge in [-0.2, -0.15) is 5.10 Å². The molecule has 5 rings (SSSR count). The van der Waals surface area contributed by atoms with E-state index in [-0.39, 0.29) is 24.4 Å². The molecule has 40 heavy (non-hydrogen) atoms. The van der Waals surface area contributed by atoms with Gasteiger partial charge in [0.05, 0.1) is 11.0 Å². The maximum atomic E-state index is 15.2. The second kappa shape index (κ2) is 10.9. The van der Waals surface area contributed by atoms with Crippen LogP contribution in [-0.4, -0.2) is 51.2 Å². The second-order valence-electron chi connectivity index (χ2n) is 10.4. The zero-order valence-electron chi connectivity index (χ0n) is 22.4. The summed E-state index contributed by atoms with van der Waals surface area (Å²) in [4.78, 5) is 30.8. The quantitative estimate of drug-likeness (QED) is 0.251. The van der Waals surface area contributed by atoms with Gasteiger partial charge in [-0.1, -0.05) is 30.8 Å². The first kappa shape index (κ1) is 27.0. The first-order chi connectivity index (χ1) is 19.1. The molecule has 2 amide bonds. The predicted molar refractivity (Wildman–Crippen MR) is 151 cm³/mol. The van der Waals surface area contributed by atoms with Crippen LogP contribution in [0.4, 0.5) is 10.2 Å². The van der Waals surface area contributed by atoms with Crippen molar-refractivity contribution in [3.63, 3.8) is 0 Å². The second-order valence-corrected chi connectivity index (χ2v) is 10.4. The van der Waals surface area contributed by atoms with E-state index in [1.54, 1.807) is 50.4 Å². The highest BCUT2D eigenvalue weighted by atomic mass is 19.1. The molecule has 2 aromatic heterocycles. The van der Waals surface area contributed by atoms with Crippen molar-refractivity contribution < 1.29 is 19.1 Å². The SMILES string of the molecule is C=CC(=O)N[C@@H]1CCN(c2n[nH]c3nccc(-c4ccc(CNC(=O)c5ccc(C(C)(C)O)cc5)c(F)c4)c23)C1. The zero-order chi connectivity index (χ0) is 28.4. The molecule has 0 saturated carbocycles. The Morgan fingerprint density at radius 3 is 2.70 bits per heavy atom. The first-order valence-corrected chi connectivity index (χ1v) is 13.0. The molecule has 3 heterocycles. The monoisotopic (exact) mass is 542 g/mol. The number of anilines is 1. The Morgan fingerprint density at radius 1 is 1.23 bits per heavy atom. The highest BCUT2D eigenvalue weighted by molar-refractivity contribution is 6.01. The summed E-state index contributed by atoms with van der Waals surface area (Å²) in [7, 11) is 0. The minimum absolute atomic E-state index is 0.0203. The molecule has 0 spiro atoms. The van der Waals surface area contributed by atoms with E-state index in [0.29, 0.717) is 46.8 Å². The maximum Gasteiger partial charge on any atom is 0.251 e. The number of aromatic amines is 1. The van der Waals surface area contributed by atoms with Crippen LogP contribution in [0.1, 0.15) is 41.8 Å². The third-order valence-electron chi connectivity index (χ3n) is 7.12. The molecule has 1 saturated heterocycles. The molecule has 10 heteroatoms. The maximum absolute atomic E-state index is 15.2. The average Bonchev–Trinajstić information content (AvgIpc) is 3.58. The minimum Gasteiger partial charge on any atom is -0.386 e. The summed E-state index contributed by atoms with van der Waals surface area (Å²) in [6.07, 6.45) is 3.67. The number of halogens is 1. The Kier molecular flexibility index (Phi) is 7.36. The number of nitrogens with one attached hydrogen (secondary N) is 3. The zero-order valence-corrected chi connectivity index (χ0v) is 22.4. The fourth-order valence-electron chi connectivity index (χ4n) is 4.90. The van der Waals surface area contributed by atoms with E-state index in [2.05, 4.69) is 37.3 Å². The van der Waals surface area contributed by atoms with Gasteiger partial charge in [0.25, 0.3) is 5.91 Å². The molecule has 0 radical (unpaired) electrons. The van der Waals surface area contributed by atoms with Crippen molar-refractivity contribution in [3.05, 3.63) is 89.9 Å². The molecular weight excluding hydrogens is 511 g/mol. The average molecular weight is 543 g/mol. The van der Waals surface area contributed by atoms with Crippen molar-refractivity contribution in [1.82, 2.24) is 25.8 Å². The molecule has 1 aliphatic rings. The molecule has 0 bridgehead atoms. The molecule has 0 unspecified atom stereocenters. The van der Waals surface area contributed by atoms with Crippen LogP contribution >= 0.6 is 0 Å². The van der Waals surface area contributed by atoms with Gasteiger partial charge < -0.3 is 20.6 Å². The summed E-state index contributed by atoms with van der Waals surface area (Å²) in [5, 5.41) is 24.0. The van der Waals surface area contributed by atoms with Crippen LogP contribution in [-0.2, 0) is 16.9 Å². The van der Waals surface area contributed by atoms with E-state index in [9.17, 15) is 14.7 Å². The number of hydrogen-bond acceptors (Lipinski definition) is 6. The largest absolute Gasteiger partial charge is 0.386 e. The summed E-state index contributed by atoms with van der Waals surface area (Å²) < 4.78 is 15.2. The highest BCUT2D eigenvalue weighted by Gasteiger charge is 2.27. The van der Waals surface area contributed by atoms with Gasteiger partial charge in [-0.15, -0.1) is 0 Å². The lowest BCUT2D eigenvalue weighted by atomic mass is 9.97. The van der Waals surface area contributed by atoms with Gasteiger partial charge >= 0.3 is 0 Å². The fourth-order valence-corrected chi connectivity index (χ4v) is 4.90. The number of aliphatic hydroxyl groups is 1. The van der Waals surface area contributed by atoms with Crippen LogP contribution in [0.3, 0.4) is 0 Å². The van der Waals surface area contributed by atoms with Crippen LogP contribution in [0.25, 0.3) is 22.2 Å². The van der Waals surface area contributed by atoms with Gasteiger partial charge in [-0.25, -0.2) is 9.37 Å². The van der Waals surface area contributed by atoms with Gasteiger partial charge in [0.2, 0.25) is 5.91 Å². The number of hydrogen-bond donors (Lipinski definition) is 4. The molecule has 0 aliphatic carbocycles. The number of pyridine rings is 1. The van der Waals surface area contributed by atoms with Crippen molar-refractivity contribution in [2.24, 2.45) is 0 Å². The molecule has 1 aliphatic heterocycles. The van der Waals surface area contributed by atoms with Crippen LogP contribution in [0.5, 0.6) is 0 Å². The van der Waals surface area contributed by atoms with Gasteiger partial charge in [0, 0.05) is 43.0 Å². The van der Waals surface area contributed by atoms with E-state index < -0.39 is 11.4 Å². The molecule has 1 atom stereocenters. The molecule has 4 aromatic rings.